The van der Waals surface area contributed by atoms with Crippen LogP contribution in [0.15, 0.2) is 36.4 Å². The Morgan fingerprint density at radius 2 is 1.94 bits per heavy atom. The molecule has 0 aliphatic heterocycles. The van der Waals surface area contributed by atoms with Gasteiger partial charge in [0.15, 0.2) is 0 Å². The van der Waals surface area contributed by atoms with Crippen LogP contribution in [0.5, 0.6) is 0 Å². The van der Waals surface area contributed by atoms with E-state index in [-0.39, 0.29) is 12.5 Å². The van der Waals surface area contributed by atoms with Gasteiger partial charge in [-0.1, -0.05) is 37.3 Å². The Morgan fingerprint density at radius 3 is 2.50 bits per heavy atom. The van der Waals surface area contributed by atoms with Crippen molar-refractivity contribution in [2.24, 2.45) is 5.92 Å². The largest absolute Gasteiger partial charge is 0.481 e. The number of carbonyl (C=O) groups excluding carboxylic acids is 1. The lowest BCUT2D eigenvalue weighted by molar-refractivity contribution is -0.142. The van der Waals surface area contributed by atoms with Crippen LogP contribution in [0.4, 0.5) is 0 Å². The summed E-state index contributed by atoms with van der Waals surface area (Å²) in [6.07, 6.45) is 3.16. The summed E-state index contributed by atoms with van der Waals surface area (Å²) in [5.74, 6) is -1.67. The number of likely N-dealkylation sites (N-methyl/N-ethyl adjacent to an activating group) is 1. The zero-order valence-corrected chi connectivity index (χ0v) is 10.5. The van der Waals surface area contributed by atoms with Crippen molar-refractivity contribution in [3.63, 3.8) is 0 Å². The fraction of sp³-hybridized carbons (Fsp3) is 0.286. The van der Waals surface area contributed by atoms with E-state index >= 15 is 0 Å². The lowest BCUT2D eigenvalue weighted by Crippen LogP contribution is -2.32. The second kappa shape index (κ2) is 6.59. The summed E-state index contributed by atoms with van der Waals surface area (Å²) in [5, 5.41) is 8.76. The topological polar surface area (TPSA) is 57.6 Å². The molecule has 1 aromatic carbocycles. The zero-order chi connectivity index (χ0) is 13.5. The van der Waals surface area contributed by atoms with Gasteiger partial charge in [0.2, 0.25) is 5.91 Å². The zero-order valence-electron chi connectivity index (χ0n) is 10.5. The number of aliphatic carboxylic acids is 1. The first kappa shape index (κ1) is 14.0. The minimum atomic E-state index is -0.901. The number of rotatable bonds is 5. The van der Waals surface area contributed by atoms with Crippen LogP contribution in [0.3, 0.4) is 0 Å². The Bertz CT molecular complexity index is 440. The van der Waals surface area contributed by atoms with Crippen molar-refractivity contribution in [2.75, 3.05) is 13.6 Å². The van der Waals surface area contributed by atoms with E-state index in [9.17, 15) is 9.59 Å². The highest BCUT2D eigenvalue weighted by atomic mass is 16.4. The Labute approximate surface area is 107 Å². The standard InChI is InChI=1S/C14H17NO3/c1-11(14(17)18)10-15(2)13(16)9-8-12-6-4-3-5-7-12/h3-9,11H,10H2,1-2H3,(H,17,18). The van der Waals surface area contributed by atoms with Crippen LogP contribution in [0.1, 0.15) is 12.5 Å². The van der Waals surface area contributed by atoms with Gasteiger partial charge in [-0.2, -0.15) is 0 Å². The van der Waals surface area contributed by atoms with Crippen molar-refractivity contribution in [3.8, 4) is 0 Å². The summed E-state index contributed by atoms with van der Waals surface area (Å²) in [4.78, 5) is 23.8. The van der Waals surface area contributed by atoms with E-state index in [1.54, 1.807) is 20.0 Å². The molecule has 1 N–H and O–H groups in total. The summed E-state index contributed by atoms with van der Waals surface area (Å²) < 4.78 is 0. The van der Waals surface area contributed by atoms with Crippen LogP contribution in [0.2, 0.25) is 0 Å². The molecule has 1 unspecified atom stereocenters. The van der Waals surface area contributed by atoms with Gasteiger partial charge in [0.1, 0.15) is 0 Å². The second-order valence-corrected chi connectivity index (χ2v) is 4.20. The normalized spacial score (nSPS) is 12.3. The molecule has 0 radical (unpaired) electrons. The molecule has 18 heavy (non-hydrogen) atoms. The van der Waals surface area contributed by atoms with Gasteiger partial charge >= 0.3 is 5.97 Å². The smallest absolute Gasteiger partial charge is 0.308 e. The third-order valence-corrected chi connectivity index (χ3v) is 2.56. The van der Waals surface area contributed by atoms with Crippen LogP contribution in [-0.2, 0) is 9.59 Å². The predicted octanol–water partition coefficient (Wildman–Crippen LogP) is 1.88. The van der Waals surface area contributed by atoms with Crippen LogP contribution in [0.25, 0.3) is 6.08 Å². The highest BCUT2D eigenvalue weighted by molar-refractivity contribution is 5.91. The number of carboxylic acids is 1. The first-order chi connectivity index (χ1) is 8.50. The summed E-state index contributed by atoms with van der Waals surface area (Å²) in [6.45, 7) is 1.78. The van der Waals surface area contributed by atoms with E-state index in [2.05, 4.69) is 0 Å². The van der Waals surface area contributed by atoms with Crippen molar-refractivity contribution >= 4 is 18.0 Å². The highest BCUT2D eigenvalue weighted by Crippen LogP contribution is 2.03. The van der Waals surface area contributed by atoms with Crippen molar-refractivity contribution in [2.45, 2.75) is 6.92 Å². The number of hydrogen-bond acceptors (Lipinski definition) is 2. The molecule has 0 aliphatic rings. The Morgan fingerprint density at radius 1 is 1.33 bits per heavy atom. The summed E-state index contributed by atoms with van der Waals surface area (Å²) in [5.41, 5.74) is 0.936. The Balaban J connectivity index is 2.55. The minimum absolute atomic E-state index is 0.202. The van der Waals surface area contributed by atoms with E-state index in [0.717, 1.165) is 5.56 Å². The molecular weight excluding hydrogens is 230 g/mol. The van der Waals surface area contributed by atoms with Crippen molar-refractivity contribution < 1.29 is 14.7 Å². The van der Waals surface area contributed by atoms with E-state index in [1.807, 2.05) is 30.3 Å². The lowest BCUT2D eigenvalue weighted by Gasteiger charge is -2.17. The minimum Gasteiger partial charge on any atom is -0.481 e. The SMILES string of the molecule is CC(CN(C)C(=O)C=Cc1ccccc1)C(=O)O. The van der Waals surface area contributed by atoms with Gasteiger partial charge in [-0.25, -0.2) is 0 Å². The maximum Gasteiger partial charge on any atom is 0.308 e. The molecule has 0 heterocycles. The lowest BCUT2D eigenvalue weighted by atomic mass is 10.1. The average molecular weight is 247 g/mol. The third-order valence-electron chi connectivity index (χ3n) is 2.56. The fourth-order valence-corrected chi connectivity index (χ4v) is 1.44. The van der Waals surface area contributed by atoms with Crippen molar-refractivity contribution in [1.82, 2.24) is 4.90 Å². The summed E-state index contributed by atoms with van der Waals surface area (Å²) in [7, 11) is 1.59. The second-order valence-electron chi connectivity index (χ2n) is 4.20. The predicted molar refractivity (Wildman–Crippen MR) is 69.9 cm³/mol. The van der Waals surface area contributed by atoms with Crippen LogP contribution in [0, 0.1) is 5.92 Å². The molecule has 0 bridgehead atoms. The number of carbonyl (C=O) groups is 2. The van der Waals surface area contributed by atoms with Crippen LogP contribution in [-0.4, -0.2) is 35.5 Å². The van der Waals surface area contributed by atoms with Gasteiger partial charge in [0.25, 0.3) is 0 Å². The molecular formula is C14H17NO3. The quantitative estimate of drug-likeness (QED) is 0.808. The van der Waals surface area contributed by atoms with E-state index in [0.29, 0.717) is 0 Å². The van der Waals surface area contributed by atoms with Crippen LogP contribution < -0.4 is 0 Å². The molecule has 1 atom stereocenters. The van der Waals surface area contributed by atoms with Gasteiger partial charge in [-0.05, 0) is 11.6 Å². The van der Waals surface area contributed by atoms with Gasteiger partial charge in [-0.3, -0.25) is 9.59 Å². The van der Waals surface area contributed by atoms with Crippen LogP contribution >= 0.6 is 0 Å². The van der Waals surface area contributed by atoms with Gasteiger partial charge < -0.3 is 10.0 Å². The molecule has 0 fully saturated rings. The molecule has 4 nitrogen and oxygen atoms in total. The molecule has 96 valence electrons. The maximum atomic E-state index is 11.7. The van der Waals surface area contributed by atoms with Gasteiger partial charge in [0.05, 0.1) is 5.92 Å². The van der Waals surface area contributed by atoms with E-state index in [1.165, 1.54) is 11.0 Å². The maximum absolute atomic E-state index is 11.7. The number of amides is 1. The summed E-state index contributed by atoms with van der Waals surface area (Å²) >= 11 is 0. The Hall–Kier alpha value is -2.10. The van der Waals surface area contributed by atoms with Gasteiger partial charge in [-0.15, -0.1) is 0 Å². The fourth-order valence-electron chi connectivity index (χ4n) is 1.44. The van der Waals surface area contributed by atoms with Crippen molar-refractivity contribution in [3.05, 3.63) is 42.0 Å². The molecule has 0 aliphatic carbocycles. The number of benzene rings is 1. The molecule has 4 heteroatoms. The molecule has 0 saturated heterocycles. The first-order valence-electron chi connectivity index (χ1n) is 5.71. The number of nitrogens with zero attached hydrogens (tertiary/aromatic N) is 1. The number of hydrogen-bond donors (Lipinski definition) is 1. The van der Waals surface area contributed by atoms with Gasteiger partial charge in [0, 0.05) is 19.7 Å². The first-order valence-corrected chi connectivity index (χ1v) is 5.71. The molecule has 1 aromatic rings. The van der Waals surface area contributed by atoms with E-state index < -0.39 is 11.9 Å². The molecule has 0 saturated carbocycles. The number of carboxylic acid groups (broad SMARTS) is 1. The van der Waals surface area contributed by atoms with E-state index in [4.69, 9.17) is 5.11 Å². The third kappa shape index (κ3) is 4.41. The molecule has 1 amide bonds. The molecule has 1 rings (SSSR count). The van der Waals surface area contributed by atoms with Crippen molar-refractivity contribution in [1.29, 1.82) is 0 Å². The average Bonchev–Trinajstić information content (AvgIpc) is 2.36. The molecule has 0 aromatic heterocycles. The Kier molecular flexibility index (Phi) is 5.11. The summed E-state index contributed by atoms with van der Waals surface area (Å²) in [6, 6.07) is 9.47. The monoisotopic (exact) mass is 247 g/mol. The molecule has 0 spiro atoms. The highest BCUT2D eigenvalue weighted by Gasteiger charge is 2.15.